The van der Waals surface area contributed by atoms with Crippen LogP contribution >= 0.6 is 0 Å². The van der Waals surface area contributed by atoms with Crippen LogP contribution in [0.1, 0.15) is 107 Å². The largest absolute Gasteiger partial charge is 0.504 e. The highest BCUT2D eigenvalue weighted by molar-refractivity contribution is 5.94. The molecule has 6 heterocycles. The van der Waals surface area contributed by atoms with Gasteiger partial charge in [0.25, 0.3) is 0 Å². The van der Waals surface area contributed by atoms with Crippen LogP contribution in [0, 0.1) is 11.8 Å². The molecule has 6 aliphatic carbocycles. The normalized spacial score (nSPS) is 29.6. The van der Waals surface area contributed by atoms with E-state index in [9.17, 15) is 25.2 Å². The summed E-state index contributed by atoms with van der Waals surface area (Å²) in [6.07, 6.45) is 8.23. The van der Waals surface area contributed by atoms with Crippen molar-refractivity contribution < 1.29 is 34.7 Å². The molecule has 8 aromatic rings. The molecule has 0 radical (unpaired) electrons. The molecule has 4 bridgehead atoms. The van der Waals surface area contributed by atoms with Crippen LogP contribution in [0.4, 0.5) is 11.4 Å². The average Bonchev–Trinajstić information content (AvgIpc) is 1.86. The van der Waals surface area contributed by atoms with Crippen molar-refractivity contribution in [2.75, 3.05) is 43.4 Å². The van der Waals surface area contributed by atoms with Gasteiger partial charge in [0.1, 0.15) is 0 Å². The Morgan fingerprint density at radius 1 is 0.568 bits per heavy atom. The number of para-hydroxylation sites is 2. The molecule has 2 spiro atoms. The lowest BCUT2D eigenvalue weighted by atomic mass is 9.49. The number of amides is 1. The highest BCUT2D eigenvalue weighted by Gasteiger charge is 2.75. The van der Waals surface area contributed by atoms with Gasteiger partial charge in [-0.15, -0.1) is 0 Å². The Hall–Kier alpha value is -7.29. The van der Waals surface area contributed by atoms with Gasteiger partial charge in [-0.1, -0.05) is 72.8 Å². The second kappa shape index (κ2) is 16.5. The molecule has 4 fully saturated rings. The van der Waals surface area contributed by atoms with Gasteiger partial charge in [0.05, 0.1) is 40.0 Å². The molecular weight excluding hydrogens is 1010 g/mol. The van der Waals surface area contributed by atoms with Crippen LogP contribution in [0.2, 0.25) is 0 Å². The van der Waals surface area contributed by atoms with Gasteiger partial charge in [-0.05, 0) is 158 Å². The van der Waals surface area contributed by atoms with Crippen LogP contribution in [0.15, 0.2) is 121 Å². The van der Waals surface area contributed by atoms with Gasteiger partial charge >= 0.3 is 0 Å². The number of benzene rings is 6. The number of anilines is 2. The number of ether oxygens (including phenoxy) is 2. The van der Waals surface area contributed by atoms with Gasteiger partial charge in [-0.2, -0.15) is 0 Å². The number of nitrogens with one attached hydrogen (secondary N) is 2. The van der Waals surface area contributed by atoms with Crippen LogP contribution in [0.5, 0.6) is 23.0 Å². The van der Waals surface area contributed by atoms with Crippen molar-refractivity contribution >= 4 is 39.1 Å². The summed E-state index contributed by atoms with van der Waals surface area (Å²) in [7, 11) is 0. The van der Waals surface area contributed by atoms with Gasteiger partial charge in [0.15, 0.2) is 35.2 Å². The summed E-state index contributed by atoms with van der Waals surface area (Å²) < 4.78 is 18.9. The van der Waals surface area contributed by atoms with Gasteiger partial charge < -0.3 is 49.7 Å². The maximum Gasteiger partial charge on any atom is 0.243 e. The van der Waals surface area contributed by atoms with Crippen LogP contribution in [0.25, 0.3) is 21.8 Å². The molecule has 81 heavy (non-hydrogen) atoms. The highest BCUT2D eigenvalue weighted by Crippen LogP contribution is 2.71. The second-order valence-electron chi connectivity index (χ2n) is 26.1. The molecule has 18 rings (SSSR count). The number of fused-ring (bicyclic) bond motifs is 8. The minimum Gasteiger partial charge on any atom is -0.504 e. The highest BCUT2D eigenvalue weighted by atomic mass is 16.5. The van der Waals surface area contributed by atoms with Gasteiger partial charge in [-0.25, -0.2) is 0 Å². The lowest BCUT2D eigenvalue weighted by Crippen LogP contribution is -2.74. The second-order valence-corrected chi connectivity index (χ2v) is 26.1. The smallest absolute Gasteiger partial charge is 0.243 e. The number of carbonyl (C=O) groups excluding carboxylic acids is 1. The Morgan fingerprint density at radius 2 is 1.02 bits per heavy atom. The van der Waals surface area contributed by atoms with Crippen molar-refractivity contribution in [3.8, 4) is 23.0 Å². The fourth-order valence-corrected chi connectivity index (χ4v) is 18.1. The maximum atomic E-state index is 13.6. The molecule has 13 nitrogen and oxygen atoms in total. The van der Waals surface area contributed by atoms with Crippen molar-refractivity contribution in [2.24, 2.45) is 11.8 Å². The number of rotatable bonds is 12. The molecule has 6 N–H and O–H groups in total. The van der Waals surface area contributed by atoms with Gasteiger partial charge in [-0.3, -0.25) is 14.6 Å². The van der Waals surface area contributed by atoms with E-state index in [0.29, 0.717) is 55.0 Å². The predicted octanol–water partition coefficient (Wildman–Crippen LogP) is 9.55. The van der Waals surface area contributed by atoms with E-state index in [2.05, 4.69) is 114 Å². The number of piperidine rings is 2. The molecule has 1 amide bonds. The fraction of sp³-hybridized carbons (Fsp3) is 0.397. The molecule has 2 saturated carbocycles. The zero-order valence-corrected chi connectivity index (χ0v) is 45.3. The lowest BCUT2D eigenvalue weighted by Gasteiger charge is -2.63. The Labute approximate surface area is 469 Å². The van der Waals surface area contributed by atoms with E-state index < -0.39 is 34.2 Å². The predicted molar refractivity (Wildman–Crippen MR) is 309 cm³/mol. The van der Waals surface area contributed by atoms with Gasteiger partial charge in [0, 0.05) is 95.4 Å². The van der Waals surface area contributed by atoms with Crippen molar-refractivity contribution in [1.29, 1.82) is 0 Å². The van der Waals surface area contributed by atoms with E-state index in [1.807, 2.05) is 24.3 Å². The number of aromatic hydroxyl groups is 2. The third-order valence-corrected chi connectivity index (χ3v) is 22.0. The monoisotopic (exact) mass is 1080 g/mol. The average molecular weight is 1080 g/mol. The van der Waals surface area contributed by atoms with Crippen molar-refractivity contribution in [2.45, 2.75) is 124 Å². The Morgan fingerprint density at radius 3 is 1.49 bits per heavy atom. The molecule has 2 aromatic heterocycles. The summed E-state index contributed by atoms with van der Waals surface area (Å²) in [5.41, 5.74) is 11.3. The number of nitrogens with zero attached hydrogens (tertiary/aromatic N) is 4. The lowest BCUT2D eigenvalue weighted by molar-refractivity contribution is -0.173. The molecule has 410 valence electrons. The molecule has 6 aromatic carbocycles. The van der Waals surface area contributed by atoms with Crippen LogP contribution in [-0.2, 0) is 54.4 Å². The molecule has 2 saturated heterocycles. The van der Waals surface area contributed by atoms with Crippen molar-refractivity contribution in [3.63, 3.8) is 0 Å². The first-order chi connectivity index (χ1) is 39.5. The van der Waals surface area contributed by atoms with E-state index in [-0.39, 0.29) is 36.0 Å². The third kappa shape index (κ3) is 6.33. The summed E-state index contributed by atoms with van der Waals surface area (Å²) in [5.74, 6) is 2.64. The van der Waals surface area contributed by atoms with Crippen LogP contribution in [0.3, 0.4) is 0 Å². The number of likely N-dealkylation sites (tertiary alicyclic amines) is 2. The zero-order chi connectivity index (χ0) is 53.9. The Balaban J connectivity index is 0.586. The topological polar surface area (TPSA) is 157 Å². The number of hydrogen-bond donors (Lipinski definition) is 6. The van der Waals surface area contributed by atoms with Crippen LogP contribution in [-0.4, -0.2) is 101 Å². The molecule has 0 unspecified atom stereocenters. The third-order valence-electron chi connectivity index (χ3n) is 22.0. The number of aromatic nitrogens is 2. The summed E-state index contributed by atoms with van der Waals surface area (Å²) in [5, 5.41) is 58.4. The summed E-state index contributed by atoms with van der Waals surface area (Å²) >= 11 is 0. The van der Waals surface area contributed by atoms with E-state index in [1.165, 1.54) is 36.8 Å². The molecular formula is C68H66N6O7. The SMILES string of the molecule is O=C(CNc1ccc(Cn2c3c(c4ccccc42)C[C@@]2(O)[C@H]4Cc5ccc(O)c6c5[C@@]2(CCN4CC2CC2)[C@H]3O6)cc1)Nc1ccc(Cn2c3c(c4ccccc42)C[C@@]2(O)[C@H]4Cc5ccc(O)c6c5[C@@]2(CCN4CC2CC2)[C@H]3O6)cc1. The quantitative estimate of drug-likeness (QED) is 0.0697. The fourth-order valence-electron chi connectivity index (χ4n) is 18.1. The number of aliphatic hydroxyl groups is 2. The minimum absolute atomic E-state index is 0.0305. The number of phenols is 2. The first-order valence-electron chi connectivity index (χ1n) is 29.9. The maximum absolute atomic E-state index is 13.6. The minimum atomic E-state index is -1.06. The van der Waals surface area contributed by atoms with Gasteiger partial charge in [0.2, 0.25) is 5.91 Å². The Kier molecular flexibility index (Phi) is 9.62. The van der Waals surface area contributed by atoms with E-state index >= 15 is 0 Å². The first kappa shape index (κ1) is 47.4. The number of carbonyl (C=O) groups is 1. The molecule has 4 aliphatic heterocycles. The summed E-state index contributed by atoms with van der Waals surface area (Å²) in [6, 6.07) is 41.1. The molecule has 10 aliphatic rings. The zero-order valence-electron chi connectivity index (χ0n) is 45.3. The standard InChI is InChI=1S/C68H66N6O7/c75-52-23-17-42-29-54-67(78)31-48-46-5-1-3-7-50(46)73(59(48)63-65(67,57(42)61(52)80-63)25-27-71(54)34-38-9-10-38)36-40-13-19-44(20-14-40)69-33-56(77)70-45-21-15-41(16-22-45)37-74-51-8-4-2-6-47(51)49-32-68(79)55-30-43-18-24-53(76)62-58(43)66(68,64(81-62)60(49)74)26-28-72(55)35-39-11-12-39/h1-8,13-24,38-39,54-55,63-64,69,75-76,78-79H,9-12,25-37H2,(H,70,77)/t54-,55-,63+,64+,65+,66+,67-,68-/m1/s1. The number of phenolic OH excluding ortho intramolecular Hbond substituents is 2. The van der Waals surface area contributed by atoms with E-state index in [4.69, 9.17) is 9.47 Å². The summed E-state index contributed by atoms with van der Waals surface area (Å²) in [6.45, 7) is 5.10. The summed E-state index contributed by atoms with van der Waals surface area (Å²) in [4.78, 5) is 18.7. The van der Waals surface area contributed by atoms with Crippen molar-refractivity contribution in [3.05, 3.63) is 177 Å². The molecule has 13 heteroatoms. The van der Waals surface area contributed by atoms with Crippen molar-refractivity contribution in [1.82, 2.24) is 18.9 Å². The first-order valence-corrected chi connectivity index (χ1v) is 29.9. The molecule has 8 atom stereocenters. The van der Waals surface area contributed by atoms with E-state index in [0.717, 1.165) is 124 Å². The number of hydrogen-bond acceptors (Lipinski definition) is 10. The van der Waals surface area contributed by atoms with Crippen LogP contribution < -0.4 is 20.1 Å². The van der Waals surface area contributed by atoms with E-state index in [1.54, 1.807) is 12.1 Å². The Bertz CT molecular complexity index is 4010.